The van der Waals surface area contributed by atoms with Gasteiger partial charge in [0.1, 0.15) is 36.6 Å². The Morgan fingerprint density at radius 3 is 2.64 bits per heavy atom. The minimum Gasteiger partial charge on any atom is -0.487 e. The third kappa shape index (κ3) is 11.3. The number of nitrogens with one attached hydrogen (secondary N) is 4. The largest absolute Gasteiger partial charge is 0.487 e. The van der Waals surface area contributed by atoms with E-state index in [1.54, 1.807) is 63.1 Å². The number of hydrogen-bond donors (Lipinski definition) is 5. The number of morpholine rings is 1. The molecule has 1 saturated heterocycles. The van der Waals surface area contributed by atoms with Crippen LogP contribution >= 0.6 is 0 Å². The number of ether oxygens (including phenoxy) is 3. The summed E-state index contributed by atoms with van der Waals surface area (Å²) < 4.78 is 17.6. The molecule has 0 unspecified atom stereocenters. The highest BCUT2D eigenvalue weighted by atomic mass is 16.5. The molecule has 2 fully saturated rings. The molecule has 0 radical (unpaired) electrons. The lowest BCUT2D eigenvalue weighted by atomic mass is 9.90. The molecule has 2 aliphatic rings. The van der Waals surface area contributed by atoms with Gasteiger partial charge in [-0.05, 0) is 62.6 Å². The lowest BCUT2D eigenvalue weighted by Gasteiger charge is -2.38. The molecule has 6 N–H and O–H groups in total. The molecule has 0 bridgehead atoms. The van der Waals surface area contributed by atoms with E-state index in [4.69, 9.17) is 35.9 Å². The fourth-order valence-electron chi connectivity index (χ4n) is 5.71. The molecule has 0 amide bonds. The van der Waals surface area contributed by atoms with Gasteiger partial charge >= 0.3 is 0 Å². The summed E-state index contributed by atoms with van der Waals surface area (Å²) in [5.74, 6) is 1.20. The maximum absolute atomic E-state index is 9.64. The number of rotatable bonds is 18. The molecule has 1 saturated carbocycles. The first-order valence-electron chi connectivity index (χ1n) is 16.7. The molecule has 266 valence electrons. The Hall–Kier alpha value is -5.40. The molecular formula is C34H47N13O3. The number of nitriles is 1. The van der Waals surface area contributed by atoms with Crippen LogP contribution in [0.15, 0.2) is 69.7 Å². The number of anilines is 1. The average molecular weight is 686 g/mol. The molecule has 1 aliphatic heterocycles. The van der Waals surface area contributed by atoms with E-state index >= 15 is 0 Å². The van der Waals surface area contributed by atoms with Gasteiger partial charge in [0.05, 0.1) is 44.1 Å². The number of allylic oxidation sites excluding steroid dienone is 2. The summed E-state index contributed by atoms with van der Waals surface area (Å²) in [4.78, 5) is 20.9. The van der Waals surface area contributed by atoms with E-state index in [-0.39, 0.29) is 12.6 Å². The van der Waals surface area contributed by atoms with Crippen LogP contribution in [0.3, 0.4) is 0 Å². The second-order valence-electron chi connectivity index (χ2n) is 11.7. The van der Waals surface area contributed by atoms with Crippen molar-refractivity contribution >= 4 is 24.7 Å². The van der Waals surface area contributed by atoms with Gasteiger partial charge in [-0.25, -0.2) is 15.0 Å². The number of nitrogens with zero attached hydrogens (tertiary/aromatic N) is 8. The van der Waals surface area contributed by atoms with E-state index in [1.165, 1.54) is 6.20 Å². The third-order valence-electron chi connectivity index (χ3n) is 8.27. The van der Waals surface area contributed by atoms with Crippen LogP contribution in [0.25, 0.3) is 11.1 Å². The minimum absolute atomic E-state index is 0.178. The summed E-state index contributed by atoms with van der Waals surface area (Å²) in [7, 11) is 1.78. The molecule has 50 heavy (non-hydrogen) atoms. The van der Waals surface area contributed by atoms with Gasteiger partial charge in [0.25, 0.3) is 0 Å². The predicted octanol–water partition coefficient (Wildman–Crippen LogP) is 3.71. The van der Waals surface area contributed by atoms with Crippen molar-refractivity contribution in [2.75, 3.05) is 58.4 Å². The Morgan fingerprint density at radius 1 is 1.22 bits per heavy atom. The zero-order valence-corrected chi connectivity index (χ0v) is 28.7. The van der Waals surface area contributed by atoms with Crippen LogP contribution < -0.4 is 21.1 Å². The quantitative estimate of drug-likeness (QED) is 0.0380. The van der Waals surface area contributed by atoms with Crippen molar-refractivity contribution in [2.45, 2.75) is 50.8 Å². The molecule has 1 aromatic heterocycles. The van der Waals surface area contributed by atoms with Crippen molar-refractivity contribution < 1.29 is 14.2 Å². The highest BCUT2D eigenvalue weighted by Crippen LogP contribution is 2.28. The Balaban J connectivity index is 1.48. The van der Waals surface area contributed by atoms with Crippen molar-refractivity contribution in [3.63, 3.8) is 0 Å². The van der Waals surface area contributed by atoms with Crippen molar-refractivity contribution in [3.05, 3.63) is 60.0 Å². The van der Waals surface area contributed by atoms with Crippen LogP contribution in [0.1, 0.15) is 38.2 Å². The van der Waals surface area contributed by atoms with Gasteiger partial charge in [0.15, 0.2) is 0 Å². The number of hydrogen-bond acceptors (Lipinski definition) is 15. The van der Waals surface area contributed by atoms with E-state index in [1.807, 2.05) is 0 Å². The monoisotopic (exact) mass is 685 g/mol. The second kappa shape index (κ2) is 20.2. The summed E-state index contributed by atoms with van der Waals surface area (Å²) in [6.07, 6.45) is 14.6. The lowest BCUT2D eigenvalue weighted by Crippen LogP contribution is -2.45. The van der Waals surface area contributed by atoms with Crippen molar-refractivity contribution in [3.8, 4) is 22.9 Å². The lowest BCUT2D eigenvalue weighted by molar-refractivity contribution is 0.00755. The van der Waals surface area contributed by atoms with Crippen LogP contribution in [0.4, 0.5) is 5.95 Å². The van der Waals surface area contributed by atoms with Crippen LogP contribution in [0.2, 0.25) is 0 Å². The fourth-order valence-corrected chi connectivity index (χ4v) is 5.71. The van der Waals surface area contributed by atoms with Crippen LogP contribution in [-0.4, -0.2) is 110 Å². The first-order chi connectivity index (χ1) is 24.5. The van der Waals surface area contributed by atoms with Gasteiger partial charge in [-0.2, -0.15) is 10.8 Å². The van der Waals surface area contributed by atoms with Gasteiger partial charge in [-0.1, -0.05) is 11.3 Å². The topological polar surface area (TPSA) is 219 Å². The summed E-state index contributed by atoms with van der Waals surface area (Å²) in [6, 6.07) is 8.15. The fraction of sp³-hybridized carbons (Fsp3) is 0.471. The SMILES string of the molecule is CN/C(OCCN=C/C=C\N)=C(\C=NC1CCC(N2CCOCC2)CC1)Nc1ncc(-c2ccc(C#N)c(O[C@@H](C)CN(C=N)N=N)c2)cn1. The summed E-state index contributed by atoms with van der Waals surface area (Å²) in [6.45, 7) is 6.33. The van der Waals surface area contributed by atoms with Crippen LogP contribution in [0, 0.1) is 22.3 Å². The van der Waals surface area contributed by atoms with Crippen LogP contribution in [0.5, 0.6) is 5.75 Å². The third-order valence-corrected chi connectivity index (χ3v) is 8.27. The maximum Gasteiger partial charge on any atom is 0.227 e. The van der Waals surface area contributed by atoms with Gasteiger partial charge in [-0.3, -0.25) is 20.3 Å². The van der Waals surface area contributed by atoms with Crippen LogP contribution in [-0.2, 0) is 9.47 Å². The van der Waals surface area contributed by atoms with E-state index in [0.29, 0.717) is 53.6 Å². The number of aliphatic imine (C=N–C) groups is 2. The van der Waals surface area contributed by atoms with E-state index in [9.17, 15) is 5.26 Å². The molecule has 1 aromatic carbocycles. The molecule has 16 heteroatoms. The Labute approximate surface area is 293 Å². The molecule has 2 aromatic rings. The van der Waals surface area contributed by atoms with E-state index < -0.39 is 6.10 Å². The molecule has 16 nitrogen and oxygen atoms in total. The highest BCUT2D eigenvalue weighted by molar-refractivity contribution is 5.83. The Morgan fingerprint density at radius 2 is 1.98 bits per heavy atom. The number of aromatic nitrogens is 2. The zero-order valence-electron chi connectivity index (χ0n) is 28.7. The Bertz CT molecular complexity index is 1530. The maximum atomic E-state index is 9.64. The van der Waals surface area contributed by atoms with E-state index in [2.05, 4.69) is 41.8 Å². The smallest absolute Gasteiger partial charge is 0.227 e. The van der Waals surface area contributed by atoms with Crippen molar-refractivity contribution in [1.29, 1.82) is 16.2 Å². The first-order valence-corrected chi connectivity index (χ1v) is 16.7. The molecule has 4 rings (SSSR count). The number of benzene rings is 1. The van der Waals surface area contributed by atoms with Crippen molar-refractivity contribution in [1.82, 2.24) is 25.2 Å². The predicted molar refractivity (Wildman–Crippen MR) is 192 cm³/mol. The molecule has 2 heterocycles. The molecule has 0 spiro atoms. The normalized spacial score (nSPS) is 19.5. The molecule has 1 atom stereocenters. The first kappa shape index (κ1) is 37.4. The van der Waals surface area contributed by atoms with Gasteiger partial charge in [0, 0.05) is 50.4 Å². The average Bonchev–Trinajstić information content (AvgIpc) is 3.16. The Kier molecular flexibility index (Phi) is 15.1. The van der Waals surface area contributed by atoms with Gasteiger partial charge in [0.2, 0.25) is 11.8 Å². The molecular weight excluding hydrogens is 638 g/mol. The van der Waals surface area contributed by atoms with Gasteiger partial charge in [-0.15, -0.1) is 0 Å². The zero-order chi connectivity index (χ0) is 35.6. The van der Waals surface area contributed by atoms with E-state index in [0.717, 1.165) is 68.9 Å². The second-order valence-corrected chi connectivity index (χ2v) is 11.7. The summed E-state index contributed by atoms with van der Waals surface area (Å²) in [5, 5.41) is 27.8. The molecule has 1 aliphatic carbocycles. The van der Waals surface area contributed by atoms with Gasteiger partial charge < -0.3 is 30.6 Å². The number of nitrogens with two attached hydrogens (primary N) is 1. The van der Waals surface area contributed by atoms with Crippen molar-refractivity contribution in [2.24, 2.45) is 20.9 Å². The standard InChI is InChI=1S/C34H47N13O3/c1-25(23-47(24-37)45-38)50-32-18-26(4-5-27(32)19-36)28-20-42-34(43-21-28)44-31(33(39-2)49-15-12-40-11-3-10-35)22-41-29-6-8-30(9-7-29)46-13-16-48-17-14-46/h3-5,10-11,18,20-22,24-25,29-30,37-39H,6-9,12-17,23,35H2,1-2H3,(H,42,43,44)/b10-3-,33-31-,37-24?,40-11?,41-22?,45-38?/t25-,29?,30?/m0/s1. The summed E-state index contributed by atoms with van der Waals surface area (Å²) in [5.41, 5.74) is 14.9. The highest BCUT2D eigenvalue weighted by Gasteiger charge is 2.26. The minimum atomic E-state index is -0.444. The summed E-state index contributed by atoms with van der Waals surface area (Å²) >= 11 is 0.